The fourth-order valence-electron chi connectivity index (χ4n) is 3.43. The Bertz CT molecular complexity index is 847. The molecule has 1 aliphatic heterocycles. The topological polar surface area (TPSA) is 66.6 Å². The molecule has 140 valence electrons. The summed E-state index contributed by atoms with van der Waals surface area (Å²) in [5, 5.41) is 5.91. The van der Waals surface area contributed by atoms with Crippen molar-refractivity contribution in [3.8, 4) is 0 Å². The summed E-state index contributed by atoms with van der Waals surface area (Å²) in [6.45, 7) is 2.92. The molecular formula is C19H24ClN3O2S. The van der Waals surface area contributed by atoms with Crippen LogP contribution in [0.15, 0.2) is 53.4 Å². The van der Waals surface area contributed by atoms with Crippen LogP contribution in [-0.4, -0.2) is 35.1 Å². The van der Waals surface area contributed by atoms with Crippen LogP contribution >= 0.6 is 11.6 Å². The first kappa shape index (κ1) is 19.0. The van der Waals surface area contributed by atoms with Gasteiger partial charge in [-0.05, 0) is 61.2 Å². The third-order valence-corrected chi connectivity index (χ3v) is 6.09. The van der Waals surface area contributed by atoms with Gasteiger partial charge in [-0.3, -0.25) is 0 Å². The molecule has 0 radical (unpaired) electrons. The molecule has 1 aliphatic rings. The average molecular weight is 394 g/mol. The molecule has 2 aromatic carbocycles. The van der Waals surface area contributed by atoms with Crippen LogP contribution in [0.3, 0.4) is 0 Å². The second-order valence-electron chi connectivity index (χ2n) is 6.83. The summed E-state index contributed by atoms with van der Waals surface area (Å²) in [6.07, 6.45) is 2.20. The molecule has 7 heteroatoms. The van der Waals surface area contributed by atoms with Crippen LogP contribution in [0.25, 0.3) is 0 Å². The summed E-state index contributed by atoms with van der Waals surface area (Å²) >= 11 is 6.08. The van der Waals surface area contributed by atoms with Crippen molar-refractivity contribution in [3.05, 3.63) is 53.6 Å². The molecule has 1 saturated heterocycles. The van der Waals surface area contributed by atoms with Gasteiger partial charge in [0.25, 0.3) is 0 Å². The van der Waals surface area contributed by atoms with E-state index in [1.807, 2.05) is 30.3 Å². The van der Waals surface area contributed by atoms with Gasteiger partial charge in [-0.1, -0.05) is 17.7 Å². The largest absolute Gasteiger partial charge is 0.374 e. The lowest BCUT2D eigenvalue weighted by molar-refractivity contribution is 0.409. The second-order valence-corrected chi connectivity index (χ2v) is 8.83. The van der Waals surface area contributed by atoms with Crippen LogP contribution in [0.2, 0.25) is 5.02 Å². The molecule has 0 amide bonds. The number of nitrogens with two attached hydrogens (primary N) is 1. The molecule has 3 rings (SSSR count). The van der Waals surface area contributed by atoms with Gasteiger partial charge in [0.05, 0.1) is 4.90 Å². The Balaban J connectivity index is 1.55. The first-order valence-corrected chi connectivity index (χ1v) is 10.6. The number of piperidine rings is 1. The zero-order valence-electron chi connectivity index (χ0n) is 14.8. The monoisotopic (exact) mass is 393 g/mol. The van der Waals surface area contributed by atoms with Gasteiger partial charge in [0.1, 0.15) is 0 Å². The van der Waals surface area contributed by atoms with Gasteiger partial charge < -0.3 is 9.80 Å². The number of hydrogen-bond acceptors (Lipinski definition) is 4. The van der Waals surface area contributed by atoms with Gasteiger partial charge in [0, 0.05) is 43.1 Å². The summed E-state index contributed by atoms with van der Waals surface area (Å²) in [6, 6.07) is 14.7. The van der Waals surface area contributed by atoms with E-state index in [0.29, 0.717) is 5.92 Å². The van der Waals surface area contributed by atoms with Crippen molar-refractivity contribution in [1.82, 2.24) is 0 Å². The summed E-state index contributed by atoms with van der Waals surface area (Å²) < 4.78 is 22.7. The smallest absolute Gasteiger partial charge is 0.238 e. The van der Waals surface area contributed by atoms with E-state index in [4.69, 9.17) is 16.7 Å². The number of nitrogens with zero attached hydrogens (tertiary/aromatic N) is 2. The van der Waals surface area contributed by atoms with Gasteiger partial charge in [-0.2, -0.15) is 0 Å². The Morgan fingerprint density at radius 1 is 1.15 bits per heavy atom. The van der Waals surface area contributed by atoms with E-state index in [1.165, 1.54) is 0 Å². The minimum Gasteiger partial charge on any atom is -0.374 e. The number of primary sulfonamides is 1. The molecule has 0 spiro atoms. The van der Waals surface area contributed by atoms with Crippen LogP contribution in [0.1, 0.15) is 12.8 Å². The van der Waals surface area contributed by atoms with Crippen molar-refractivity contribution in [1.29, 1.82) is 0 Å². The molecule has 0 bridgehead atoms. The Labute approximate surface area is 160 Å². The quantitative estimate of drug-likeness (QED) is 0.845. The highest BCUT2D eigenvalue weighted by Gasteiger charge is 2.21. The van der Waals surface area contributed by atoms with E-state index in [-0.39, 0.29) is 4.90 Å². The van der Waals surface area contributed by atoms with Gasteiger partial charge in [-0.25, -0.2) is 13.6 Å². The van der Waals surface area contributed by atoms with E-state index in [2.05, 4.69) is 22.9 Å². The van der Waals surface area contributed by atoms with Crippen molar-refractivity contribution in [2.75, 3.05) is 36.5 Å². The van der Waals surface area contributed by atoms with E-state index in [0.717, 1.165) is 48.9 Å². The first-order chi connectivity index (χ1) is 12.3. The Hall–Kier alpha value is -1.76. The molecule has 0 aliphatic carbocycles. The molecule has 0 saturated carbocycles. The first-order valence-electron chi connectivity index (χ1n) is 8.67. The summed E-state index contributed by atoms with van der Waals surface area (Å²) in [5.41, 5.74) is 2.18. The minimum absolute atomic E-state index is 0.152. The van der Waals surface area contributed by atoms with Crippen LogP contribution in [0.4, 0.5) is 11.4 Å². The average Bonchev–Trinajstić information content (AvgIpc) is 2.62. The Kier molecular flexibility index (Phi) is 5.75. The molecule has 2 N–H and O–H groups in total. The third kappa shape index (κ3) is 4.69. The Morgan fingerprint density at radius 3 is 2.38 bits per heavy atom. The van der Waals surface area contributed by atoms with E-state index < -0.39 is 10.0 Å². The lowest BCUT2D eigenvalue weighted by Gasteiger charge is -2.35. The number of anilines is 2. The maximum atomic E-state index is 11.4. The van der Waals surface area contributed by atoms with Crippen molar-refractivity contribution in [3.63, 3.8) is 0 Å². The number of hydrogen-bond donors (Lipinski definition) is 1. The summed E-state index contributed by atoms with van der Waals surface area (Å²) in [4.78, 5) is 4.70. The predicted molar refractivity (Wildman–Crippen MR) is 107 cm³/mol. The number of rotatable bonds is 5. The lowest BCUT2D eigenvalue weighted by Crippen LogP contribution is -2.37. The van der Waals surface area contributed by atoms with Crippen molar-refractivity contribution < 1.29 is 8.42 Å². The van der Waals surface area contributed by atoms with Crippen LogP contribution in [0, 0.1) is 5.92 Å². The molecule has 26 heavy (non-hydrogen) atoms. The highest BCUT2D eigenvalue weighted by molar-refractivity contribution is 7.89. The molecule has 2 aromatic rings. The Morgan fingerprint density at radius 2 is 1.81 bits per heavy atom. The summed E-state index contributed by atoms with van der Waals surface area (Å²) in [5.74, 6) is 0.624. The van der Waals surface area contributed by atoms with Crippen LogP contribution in [-0.2, 0) is 10.0 Å². The maximum absolute atomic E-state index is 11.4. The van der Waals surface area contributed by atoms with Gasteiger partial charge in [0.15, 0.2) is 0 Å². The van der Waals surface area contributed by atoms with Crippen molar-refractivity contribution in [2.24, 2.45) is 11.1 Å². The van der Waals surface area contributed by atoms with Gasteiger partial charge >= 0.3 is 0 Å². The second kappa shape index (κ2) is 7.86. The number of sulfonamides is 1. The third-order valence-electron chi connectivity index (χ3n) is 4.93. The van der Waals surface area contributed by atoms with Crippen molar-refractivity contribution in [2.45, 2.75) is 17.7 Å². The zero-order valence-corrected chi connectivity index (χ0v) is 16.4. The minimum atomic E-state index is -3.64. The van der Waals surface area contributed by atoms with E-state index >= 15 is 0 Å². The van der Waals surface area contributed by atoms with E-state index in [1.54, 1.807) is 12.1 Å². The highest BCUT2D eigenvalue weighted by Crippen LogP contribution is 2.26. The SMILES string of the molecule is CN(CC1CCN(c2ccc(S(N)(=O)=O)cc2)CC1)c1cccc(Cl)c1. The maximum Gasteiger partial charge on any atom is 0.238 e. The zero-order chi connectivity index (χ0) is 18.7. The number of benzene rings is 2. The normalized spacial score (nSPS) is 15.9. The van der Waals surface area contributed by atoms with Crippen molar-refractivity contribution >= 4 is 33.0 Å². The fourth-order valence-corrected chi connectivity index (χ4v) is 4.13. The van der Waals surface area contributed by atoms with Gasteiger partial charge in [-0.15, -0.1) is 0 Å². The van der Waals surface area contributed by atoms with E-state index in [9.17, 15) is 8.42 Å². The predicted octanol–water partition coefficient (Wildman–Crippen LogP) is 3.34. The molecule has 1 heterocycles. The molecule has 5 nitrogen and oxygen atoms in total. The number of halogens is 1. The highest BCUT2D eigenvalue weighted by atomic mass is 35.5. The van der Waals surface area contributed by atoms with Crippen LogP contribution in [0.5, 0.6) is 0 Å². The van der Waals surface area contributed by atoms with Crippen LogP contribution < -0.4 is 14.9 Å². The molecule has 0 unspecified atom stereocenters. The fraction of sp³-hybridized carbons (Fsp3) is 0.368. The standard InChI is InChI=1S/C19H24ClN3O2S/c1-22(18-4-2-3-16(20)13-18)14-15-9-11-23(12-10-15)17-5-7-19(8-6-17)26(21,24)25/h2-8,13,15H,9-12,14H2,1H3,(H2,21,24,25). The summed E-state index contributed by atoms with van der Waals surface area (Å²) in [7, 11) is -1.53. The van der Waals surface area contributed by atoms with Gasteiger partial charge in [0.2, 0.25) is 10.0 Å². The lowest BCUT2D eigenvalue weighted by atomic mass is 9.95. The molecule has 0 aromatic heterocycles. The molecular weight excluding hydrogens is 370 g/mol. The molecule has 1 fully saturated rings. The molecule has 0 atom stereocenters.